The van der Waals surface area contributed by atoms with E-state index < -0.39 is 26.0 Å². The molecule has 0 radical (unpaired) electrons. The zero-order valence-electron chi connectivity index (χ0n) is 13.6. The molecule has 8 nitrogen and oxygen atoms in total. The van der Waals surface area contributed by atoms with E-state index in [2.05, 4.69) is 9.46 Å². The van der Waals surface area contributed by atoms with Crippen molar-refractivity contribution in [2.45, 2.75) is 9.79 Å². The molecule has 0 amide bonds. The lowest BCUT2D eigenvalue weighted by Crippen LogP contribution is -2.22. The molecule has 11 heteroatoms. The van der Waals surface area contributed by atoms with Gasteiger partial charge in [-0.1, -0.05) is 0 Å². The second kappa shape index (κ2) is 7.12. The number of carbonyl (C=O) groups excluding carboxylic acids is 1. The quantitative estimate of drug-likeness (QED) is 0.732. The molecule has 0 fully saturated rings. The van der Waals surface area contributed by atoms with Crippen LogP contribution >= 0.6 is 11.3 Å². The number of ether oxygens (including phenoxy) is 1. The smallest absolute Gasteiger partial charge is 0.349 e. The second-order valence-electron chi connectivity index (χ2n) is 5.02. The molecule has 1 heterocycles. The molecule has 0 atom stereocenters. The number of sulfonamides is 2. The number of benzene rings is 1. The van der Waals surface area contributed by atoms with E-state index in [0.717, 1.165) is 22.8 Å². The van der Waals surface area contributed by atoms with Crippen molar-refractivity contribution >= 4 is 43.0 Å². The minimum Gasteiger partial charge on any atom is -0.465 e. The van der Waals surface area contributed by atoms with E-state index in [-0.39, 0.29) is 20.4 Å². The Morgan fingerprint density at radius 3 is 2.20 bits per heavy atom. The molecule has 0 spiro atoms. The molecule has 2 rings (SSSR count). The van der Waals surface area contributed by atoms with Crippen molar-refractivity contribution in [2.75, 3.05) is 25.9 Å². The predicted molar refractivity (Wildman–Crippen MR) is 93.8 cm³/mol. The van der Waals surface area contributed by atoms with Gasteiger partial charge in [-0.2, -0.15) is 0 Å². The SMILES string of the molecule is COC(=O)c1sccc1S(=O)(=O)Nc1ccc(S(=O)(=O)N(C)C)cc1. The van der Waals surface area contributed by atoms with Crippen LogP contribution in [-0.2, 0) is 24.8 Å². The van der Waals surface area contributed by atoms with E-state index in [1.54, 1.807) is 0 Å². The Bertz CT molecular complexity index is 976. The maximum atomic E-state index is 12.5. The number of nitrogens with zero attached hydrogens (tertiary/aromatic N) is 1. The Balaban J connectivity index is 2.31. The van der Waals surface area contributed by atoms with Gasteiger partial charge in [0, 0.05) is 19.8 Å². The third kappa shape index (κ3) is 4.00. The molecule has 0 saturated heterocycles. The van der Waals surface area contributed by atoms with Crippen LogP contribution in [0, 0.1) is 0 Å². The number of hydrogen-bond donors (Lipinski definition) is 1. The highest BCUT2D eigenvalue weighted by Crippen LogP contribution is 2.25. The average Bonchev–Trinajstić information content (AvgIpc) is 3.04. The molecule has 0 aliphatic carbocycles. The van der Waals surface area contributed by atoms with Gasteiger partial charge in [-0.25, -0.2) is 25.9 Å². The minimum atomic E-state index is -4.02. The van der Waals surface area contributed by atoms with E-state index in [1.807, 2.05) is 0 Å². The minimum absolute atomic E-state index is 0.0335. The molecule has 136 valence electrons. The van der Waals surface area contributed by atoms with Crippen molar-refractivity contribution in [3.63, 3.8) is 0 Å². The summed E-state index contributed by atoms with van der Waals surface area (Å²) in [5.74, 6) is -0.747. The molecule has 0 aliphatic rings. The molecule has 0 saturated carbocycles. The van der Waals surface area contributed by atoms with Crippen molar-refractivity contribution in [3.8, 4) is 0 Å². The van der Waals surface area contributed by atoms with Crippen LogP contribution in [0.1, 0.15) is 9.67 Å². The summed E-state index contributed by atoms with van der Waals surface area (Å²) >= 11 is 0.950. The average molecular weight is 404 g/mol. The second-order valence-corrected chi connectivity index (χ2v) is 9.74. The number of esters is 1. The molecule has 0 aliphatic heterocycles. The number of hydrogen-bond acceptors (Lipinski definition) is 7. The van der Waals surface area contributed by atoms with Gasteiger partial charge in [0.2, 0.25) is 10.0 Å². The molecular weight excluding hydrogens is 388 g/mol. The first-order chi connectivity index (χ1) is 11.6. The van der Waals surface area contributed by atoms with Gasteiger partial charge in [-0.3, -0.25) is 4.72 Å². The van der Waals surface area contributed by atoms with E-state index in [4.69, 9.17) is 0 Å². The molecule has 1 aromatic carbocycles. The highest BCUT2D eigenvalue weighted by atomic mass is 32.2. The summed E-state index contributed by atoms with van der Waals surface area (Å²) in [6, 6.07) is 6.55. The first-order valence-corrected chi connectivity index (χ1v) is 10.6. The molecule has 1 N–H and O–H groups in total. The van der Waals surface area contributed by atoms with Gasteiger partial charge in [0.1, 0.15) is 9.77 Å². The first kappa shape index (κ1) is 19.4. The summed E-state index contributed by atoms with van der Waals surface area (Å²) < 4.78 is 56.9. The van der Waals surface area contributed by atoms with Crippen LogP contribution in [-0.4, -0.2) is 48.3 Å². The largest absolute Gasteiger partial charge is 0.465 e. The van der Waals surface area contributed by atoms with Crippen LogP contribution in [0.4, 0.5) is 5.69 Å². The third-order valence-electron chi connectivity index (χ3n) is 3.17. The Kier molecular flexibility index (Phi) is 5.52. The summed E-state index contributed by atoms with van der Waals surface area (Å²) in [5, 5.41) is 1.47. The lowest BCUT2D eigenvalue weighted by molar-refractivity contribution is 0.0602. The summed E-state index contributed by atoms with van der Waals surface area (Å²) in [5.41, 5.74) is 0.166. The number of methoxy groups -OCH3 is 1. The highest BCUT2D eigenvalue weighted by Gasteiger charge is 2.25. The number of rotatable bonds is 6. The maximum absolute atomic E-state index is 12.5. The fraction of sp³-hybridized carbons (Fsp3) is 0.214. The zero-order chi connectivity index (χ0) is 18.8. The van der Waals surface area contributed by atoms with Crippen LogP contribution in [0.2, 0.25) is 0 Å². The molecule has 0 bridgehead atoms. The van der Waals surface area contributed by atoms with E-state index in [9.17, 15) is 21.6 Å². The van der Waals surface area contributed by atoms with Crippen LogP contribution in [0.25, 0.3) is 0 Å². The third-order valence-corrected chi connectivity index (χ3v) is 7.45. The van der Waals surface area contributed by atoms with Crippen molar-refractivity contribution in [2.24, 2.45) is 0 Å². The topological polar surface area (TPSA) is 110 Å². The Morgan fingerprint density at radius 1 is 1.08 bits per heavy atom. The van der Waals surface area contributed by atoms with E-state index in [0.29, 0.717) is 0 Å². The van der Waals surface area contributed by atoms with Gasteiger partial charge in [-0.05, 0) is 35.7 Å². The van der Waals surface area contributed by atoms with Crippen LogP contribution in [0.3, 0.4) is 0 Å². The molecule has 1 aromatic heterocycles. The van der Waals surface area contributed by atoms with Gasteiger partial charge >= 0.3 is 5.97 Å². The van der Waals surface area contributed by atoms with Crippen LogP contribution in [0.15, 0.2) is 45.5 Å². The fourth-order valence-electron chi connectivity index (χ4n) is 1.87. The summed E-state index contributed by atoms with van der Waals surface area (Å²) in [4.78, 5) is 11.4. The lowest BCUT2D eigenvalue weighted by Gasteiger charge is -2.12. The molecule has 2 aromatic rings. The molecule has 0 unspecified atom stereocenters. The summed E-state index contributed by atoms with van der Waals surface area (Å²) in [6.45, 7) is 0. The first-order valence-electron chi connectivity index (χ1n) is 6.81. The maximum Gasteiger partial charge on any atom is 0.349 e. The van der Waals surface area contributed by atoms with Crippen molar-refractivity contribution in [1.29, 1.82) is 0 Å². The lowest BCUT2D eigenvalue weighted by atomic mass is 10.3. The number of thiophene rings is 1. The number of anilines is 1. The monoisotopic (exact) mass is 404 g/mol. The Hall–Kier alpha value is -1.95. The van der Waals surface area contributed by atoms with Crippen molar-refractivity contribution in [1.82, 2.24) is 4.31 Å². The van der Waals surface area contributed by atoms with Crippen molar-refractivity contribution in [3.05, 3.63) is 40.6 Å². The Labute approximate surface area is 150 Å². The van der Waals surface area contributed by atoms with Gasteiger partial charge in [0.15, 0.2) is 0 Å². The number of nitrogens with one attached hydrogen (secondary N) is 1. The van der Waals surface area contributed by atoms with Crippen LogP contribution < -0.4 is 4.72 Å². The Morgan fingerprint density at radius 2 is 1.68 bits per heavy atom. The van der Waals surface area contributed by atoms with E-state index in [1.165, 1.54) is 49.8 Å². The highest BCUT2D eigenvalue weighted by molar-refractivity contribution is 7.93. The van der Waals surface area contributed by atoms with E-state index >= 15 is 0 Å². The molecule has 25 heavy (non-hydrogen) atoms. The predicted octanol–water partition coefficient (Wildman–Crippen LogP) is 1.59. The summed E-state index contributed by atoms with van der Waals surface area (Å²) in [6.07, 6.45) is 0. The zero-order valence-corrected chi connectivity index (χ0v) is 16.0. The normalized spacial score (nSPS) is 12.2. The van der Waals surface area contributed by atoms with Gasteiger partial charge in [0.25, 0.3) is 10.0 Å². The van der Waals surface area contributed by atoms with Crippen LogP contribution in [0.5, 0.6) is 0 Å². The van der Waals surface area contributed by atoms with Crippen molar-refractivity contribution < 1.29 is 26.4 Å². The van der Waals surface area contributed by atoms with Gasteiger partial charge in [0.05, 0.1) is 12.0 Å². The summed E-state index contributed by atoms with van der Waals surface area (Å²) in [7, 11) is -3.66. The van der Waals surface area contributed by atoms with Gasteiger partial charge in [-0.15, -0.1) is 11.3 Å². The number of carbonyl (C=O) groups is 1. The fourth-order valence-corrected chi connectivity index (χ4v) is 5.16. The molecular formula is C14H16N2O6S3. The standard InChI is InChI=1S/C14H16N2O6S3/c1-16(2)25(20,21)11-6-4-10(5-7-11)15-24(18,19)12-8-9-23-13(12)14(17)22-3/h4-9,15H,1-3H3. The van der Waals surface area contributed by atoms with Gasteiger partial charge < -0.3 is 4.74 Å².